The van der Waals surface area contributed by atoms with Crippen molar-refractivity contribution in [3.8, 4) is 17.4 Å². The van der Waals surface area contributed by atoms with Gasteiger partial charge in [0.1, 0.15) is 0 Å². The molecule has 0 aliphatic heterocycles. The molecule has 1 heterocycles. The van der Waals surface area contributed by atoms with Crippen molar-refractivity contribution in [2.24, 2.45) is 5.41 Å². The normalized spacial score (nSPS) is 11.5. The van der Waals surface area contributed by atoms with Gasteiger partial charge in [0.2, 0.25) is 0 Å². The van der Waals surface area contributed by atoms with Gasteiger partial charge in [-0.2, -0.15) is 9.67 Å². The van der Waals surface area contributed by atoms with Gasteiger partial charge in [-0.05, 0) is 32.4 Å². The van der Waals surface area contributed by atoms with Crippen LogP contribution in [0.2, 0.25) is 5.02 Å². The Kier molecular flexibility index (Phi) is 5.65. The van der Waals surface area contributed by atoms with Crippen LogP contribution in [-0.2, 0) is 0 Å². The van der Waals surface area contributed by atoms with E-state index in [2.05, 4.69) is 10.1 Å². The van der Waals surface area contributed by atoms with Crippen LogP contribution in [0.3, 0.4) is 0 Å². The molecule has 5 nitrogen and oxygen atoms in total. The monoisotopic (exact) mass is 355 g/mol. The predicted octanol–water partition coefficient (Wildman–Crippen LogP) is 4.29. The first-order valence-electron chi connectivity index (χ1n) is 7.35. The predicted molar refractivity (Wildman–Crippen MR) is 91.4 cm³/mol. The molecular formula is C16H19Cl2N3O2. The second-order valence-corrected chi connectivity index (χ2v) is 6.51. The van der Waals surface area contributed by atoms with Crippen molar-refractivity contribution in [1.82, 2.24) is 14.8 Å². The van der Waals surface area contributed by atoms with Crippen LogP contribution >= 0.6 is 23.2 Å². The molecule has 0 amide bonds. The highest BCUT2D eigenvalue weighted by Crippen LogP contribution is 2.27. The van der Waals surface area contributed by atoms with Crippen molar-refractivity contribution < 1.29 is 9.53 Å². The minimum absolute atomic E-state index is 0.167. The molecule has 0 saturated heterocycles. The maximum atomic E-state index is 12.8. The molecule has 0 fully saturated rings. The smallest absolute Gasteiger partial charge is 0.336 e. The van der Waals surface area contributed by atoms with E-state index in [9.17, 15) is 4.79 Å². The standard InChI is InChI=1S/C16H19Cl2N3O2/c1-4-8-23-15-19-13(11-6-5-7-12(18)9-11)21(20-15)14(22)16(2,3)10-17/h5-7,9H,4,8,10H2,1-3H3. The first-order chi connectivity index (χ1) is 10.9. The highest BCUT2D eigenvalue weighted by atomic mass is 35.5. The SMILES string of the molecule is CCCOc1nc(-c2cccc(Cl)c2)n(C(=O)C(C)(C)CCl)n1. The number of alkyl halides is 1. The Balaban J connectivity index is 2.51. The molecule has 0 aliphatic rings. The Morgan fingerprint density at radius 2 is 2.13 bits per heavy atom. The molecule has 0 atom stereocenters. The number of hydrogen-bond acceptors (Lipinski definition) is 4. The Morgan fingerprint density at radius 1 is 1.39 bits per heavy atom. The molecule has 0 spiro atoms. The van der Waals surface area contributed by atoms with Crippen molar-refractivity contribution in [3.63, 3.8) is 0 Å². The van der Waals surface area contributed by atoms with Crippen molar-refractivity contribution >= 4 is 29.1 Å². The number of rotatable bonds is 6. The van der Waals surface area contributed by atoms with Crippen molar-refractivity contribution in [2.45, 2.75) is 27.2 Å². The molecule has 2 aromatic rings. The van der Waals surface area contributed by atoms with E-state index in [1.807, 2.05) is 13.0 Å². The largest absolute Gasteiger partial charge is 0.462 e. The van der Waals surface area contributed by atoms with E-state index < -0.39 is 5.41 Å². The quantitative estimate of drug-likeness (QED) is 0.725. The summed E-state index contributed by atoms with van der Waals surface area (Å²) in [6.45, 7) is 5.99. The highest BCUT2D eigenvalue weighted by Gasteiger charge is 2.32. The topological polar surface area (TPSA) is 57.0 Å². The van der Waals surface area contributed by atoms with Crippen LogP contribution < -0.4 is 4.74 Å². The summed E-state index contributed by atoms with van der Waals surface area (Å²) >= 11 is 12.0. The Hall–Kier alpha value is -1.59. The van der Waals surface area contributed by atoms with E-state index in [1.54, 1.807) is 32.0 Å². The molecule has 0 saturated carbocycles. The van der Waals surface area contributed by atoms with E-state index in [-0.39, 0.29) is 17.8 Å². The maximum absolute atomic E-state index is 12.8. The van der Waals surface area contributed by atoms with Gasteiger partial charge < -0.3 is 4.74 Å². The van der Waals surface area contributed by atoms with Crippen molar-refractivity contribution in [1.29, 1.82) is 0 Å². The third-order valence-corrected chi connectivity index (χ3v) is 4.11. The van der Waals surface area contributed by atoms with Gasteiger partial charge in [-0.15, -0.1) is 16.7 Å². The summed E-state index contributed by atoms with van der Waals surface area (Å²) in [6, 6.07) is 7.26. The van der Waals surface area contributed by atoms with E-state index in [0.29, 0.717) is 23.0 Å². The second kappa shape index (κ2) is 7.32. The third kappa shape index (κ3) is 4.03. The minimum Gasteiger partial charge on any atom is -0.462 e. The summed E-state index contributed by atoms with van der Waals surface area (Å²) in [7, 11) is 0. The summed E-state index contributed by atoms with van der Waals surface area (Å²) in [5, 5.41) is 4.75. The molecule has 0 aliphatic carbocycles. The number of ether oxygens (including phenoxy) is 1. The molecule has 0 bridgehead atoms. The van der Waals surface area contributed by atoms with Crippen LogP contribution in [0.1, 0.15) is 32.0 Å². The van der Waals surface area contributed by atoms with Crippen LogP contribution in [0.25, 0.3) is 11.4 Å². The van der Waals surface area contributed by atoms with Crippen molar-refractivity contribution in [2.75, 3.05) is 12.5 Å². The number of carbonyl (C=O) groups excluding carboxylic acids is 1. The molecule has 0 unspecified atom stereocenters. The zero-order valence-corrected chi connectivity index (χ0v) is 14.9. The molecule has 124 valence electrons. The lowest BCUT2D eigenvalue weighted by atomic mass is 9.95. The van der Waals surface area contributed by atoms with Crippen LogP contribution in [0.4, 0.5) is 0 Å². The molecule has 0 N–H and O–H groups in total. The molecule has 23 heavy (non-hydrogen) atoms. The van der Waals surface area contributed by atoms with E-state index >= 15 is 0 Å². The fourth-order valence-electron chi connectivity index (χ4n) is 1.85. The summed E-state index contributed by atoms with van der Waals surface area (Å²) in [5.41, 5.74) is -0.0833. The molecule has 1 aromatic carbocycles. The molecule has 0 radical (unpaired) electrons. The minimum atomic E-state index is -0.773. The number of nitrogens with zero attached hydrogens (tertiary/aromatic N) is 3. The van der Waals surface area contributed by atoms with Gasteiger partial charge in [0, 0.05) is 16.5 Å². The molecule has 1 aromatic heterocycles. The van der Waals surface area contributed by atoms with Crippen molar-refractivity contribution in [3.05, 3.63) is 29.3 Å². The lowest BCUT2D eigenvalue weighted by molar-refractivity contribution is 0.0753. The number of halogens is 2. The zero-order chi connectivity index (χ0) is 17.0. The van der Waals surface area contributed by atoms with E-state index in [0.717, 1.165) is 6.42 Å². The van der Waals surface area contributed by atoms with Gasteiger partial charge in [0.15, 0.2) is 5.82 Å². The van der Waals surface area contributed by atoms with Crippen LogP contribution in [0, 0.1) is 5.41 Å². The maximum Gasteiger partial charge on any atom is 0.336 e. The lowest BCUT2D eigenvalue weighted by Crippen LogP contribution is -2.32. The van der Waals surface area contributed by atoms with Gasteiger partial charge in [-0.1, -0.05) is 30.7 Å². The first kappa shape index (κ1) is 17.8. The van der Waals surface area contributed by atoms with Crippen LogP contribution in [-0.4, -0.2) is 33.2 Å². The summed E-state index contributed by atoms with van der Waals surface area (Å²) in [5.74, 6) is 0.314. The first-order valence-corrected chi connectivity index (χ1v) is 8.27. The van der Waals surface area contributed by atoms with Gasteiger partial charge >= 0.3 is 6.01 Å². The number of benzene rings is 1. The molecule has 7 heteroatoms. The van der Waals surface area contributed by atoms with Gasteiger partial charge in [-0.25, -0.2) is 0 Å². The van der Waals surface area contributed by atoms with Gasteiger partial charge in [0.25, 0.3) is 5.91 Å². The highest BCUT2D eigenvalue weighted by molar-refractivity contribution is 6.30. The third-order valence-electron chi connectivity index (χ3n) is 3.21. The lowest BCUT2D eigenvalue weighted by Gasteiger charge is -2.19. The zero-order valence-electron chi connectivity index (χ0n) is 13.3. The molecule has 2 rings (SSSR count). The Bertz CT molecular complexity index is 698. The average Bonchev–Trinajstić information content (AvgIpc) is 2.96. The van der Waals surface area contributed by atoms with Crippen LogP contribution in [0.15, 0.2) is 24.3 Å². The van der Waals surface area contributed by atoms with Gasteiger partial charge in [0.05, 0.1) is 12.0 Å². The average molecular weight is 356 g/mol. The van der Waals surface area contributed by atoms with E-state index in [1.165, 1.54) is 4.68 Å². The van der Waals surface area contributed by atoms with Gasteiger partial charge in [-0.3, -0.25) is 4.79 Å². The fourth-order valence-corrected chi connectivity index (χ4v) is 2.15. The number of aromatic nitrogens is 3. The number of hydrogen-bond donors (Lipinski definition) is 0. The second-order valence-electron chi connectivity index (χ2n) is 5.81. The summed E-state index contributed by atoms with van der Waals surface area (Å²) in [6.07, 6.45) is 0.822. The molecular weight excluding hydrogens is 337 g/mol. The Morgan fingerprint density at radius 3 is 2.74 bits per heavy atom. The van der Waals surface area contributed by atoms with Crippen LogP contribution in [0.5, 0.6) is 6.01 Å². The Labute approximate surface area is 145 Å². The summed E-state index contributed by atoms with van der Waals surface area (Å²) < 4.78 is 6.71. The van der Waals surface area contributed by atoms with E-state index in [4.69, 9.17) is 27.9 Å². The fraction of sp³-hybridized carbons (Fsp3) is 0.438. The summed E-state index contributed by atoms with van der Waals surface area (Å²) in [4.78, 5) is 17.1. The number of carbonyl (C=O) groups is 1.